The Hall–Kier alpha value is -4.55. The van der Waals surface area contributed by atoms with E-state index in [1.807, 2.05) is 0 Å². The van der Waals surface area contributed by atoms with E-state index in [1.54, 1.807) is 0 Å². The fourth-order valence-electron chi connectivity index (χ4n) is 3.77. The molecule has 0 radical (unpaired) electrons. The van der Waals surface area contributed by atoms with Crippen molar-refractivity contribution in [1.29, 1.82) is 0 Å². The maximum atomic E-state index is 13.3. The normalized spacial score (nSPS) is 11.7. The average molecular weight is 490 g/mol. The molecule has 0 saturated carbocycles. The molecule has 13 heteroatoms. The Bertz CT molecular complexity index is 1660. The number of aromatic amines is 1. The van der Waals surface area contributed by atoms with Crippen molar-refractivity contribution >= 4 is 17.2 Å². The van der Waals surface area contributed by atoms with E-state index in [2.05, 4.69) is 9.72 Å². The summed E-state index contributed by atoms with van der Waals surface area (Å²) in [5.74, 6) is -0.733. The Morgan fingerprint density at radius 1 is 1.14 bits per heavy atom. The van der Waals surface area contributed by atoms with Crippen molar-refractivity contribution < 1.29 is 27.8 Å². The smallest absolute Gasteiger partial charge is 0.449 e. The van der Waals surface area contributed by atoms with Crippen LogP contribution in [0.4, 0.5) is 18.0 Å². The largest absolute Gasteiger partial charge is 0.511 e. The first-order valence-corrected chi connectivity index (χ1v) is 10.0. The van der Waals surface area contributed by atoms with Gasteiger partial charge in [-0.05, 0) is 42.3 Å². The summed E-state index contributed by atoms with van der Waals surface area (Å²) in [4.78, 5) is 51.7. The molecule has 0 fully saturated rings. The molecule has 0 saturated heterocycles. The van der Waals surface area contributed by atoms with E-state index >= 15 is 0 Å². The fraction of sp³-hybridized carbons (Fsp3) is 0.182. The molecule has 0 unspecified atom stereocenters. The van der Waals surface area contributed by atoms with E-state index < -0.39 is 47.1 Å². The molecule has 0 spiro atoms. The number of nitrogens with zero attached hydrogens (tertiary/aromatic N) is 3. The molecule has 0 atom stereocenters. The lowest BCUT2D eigenvalue weighted by Crippen LogP contribution is -2.40. The number of halogens is 3. The van der Waals surface area contributed by atoms with Crippen LogP contribution < -0.4 is 21.7 Å². The molecule has 0 aliphatic rings. The second-order valence-corrected chi connectivity index (χ2v) is 7.68. The number of benzene rings is 2. The third-order valence-corrected chi connectivity index (χ3v) is 5.58. The molecule has 0 aliphatic heterocycles. The summed E-state index contributed by atoms with van der Waals surface area (Å²) >= 11 is 0. The Labute approximate surface area is 193 Å². The Morgan fingerprint density at radius 2 is 1.86 bits per heavy atom. The van der Waals surface area contributed by atoms with Gasteiger partial charge in [-0.1, -0.05) is 12.1 Å². The van der Waals surface area contributed by atoms with Crippen LogP contribution in [0.5, 0.6) is 5.75 Å². The van der Waals surface area contributed by atoms with Crippen LogP contribution in [0.3, 0.4) is 0 Å². The van der Waals surface area contributed by atoms with E-state index in [0.717, 1.165) is 22.9 Å². The van der Waals surface area contributed by atoms with Crippen molar-refractivity contribution in [1.82, 2.24) is 18.7 Å². The number of aryl methyl sites for hydroxylation is 1. The number of alkyl halides is 3. The number of carbonyl (C=O) groups is 1. The van der Waals surface area contributed by atoms with Crippen molar-refractivity contribution in [2.75, 3.05) is 0 Å². The minimum absolute atomic E-state index is 0.0286. The number of imidazole rings is 1. The lowest BCUT2D eigenvalue weighted by Gasteiger charge is -2.16. The molecule has 35 heavy (non-hydrogen) atoms. The average Bonchev–Trinajstić information content (AvgIpc) is 3.06. The first-order valence-electron chi connectivity index (χ1n) is 10.0. The summed E-state index contributed by atoms with van der Waals surface area (Å²) in [5, 5.41) is 9.02. The third-order valence-electron chi connectivity index (χ3n) is 5.58. The topological polar surface area (TPSA) is 128 Å². The molecule has 2 heterocycles. The predicted octanol–water partition coefficient (Wildman–Crippen LogP) is 2.61. The Morgan fingerprint density at radius 3 is 2.51 bits per heavy atom. The maximum Gasteiger partial charge on any atom is 0.511 e. The first kappa shape index (κ1) is 23.6. The molecule has 2 aromatic heterocycles. The number of carboxylic acid groups (broad SMARTS) is 1. The van der Waals surface area contributed by atoms with E-state index in [0.29, 0.717) is 15.6 Å². The molecule has 4 rings (SSSR count). The number of hydrogen-bond donors (Lipinski definition) is 2. The number of rotatable bonds is 4. The van der Waals surface area contributed by atoms with Crippen molar-refractivity contribution in [3.63, 3.8) is 0 Å². The summed E-state index contributed by atoms with van der Waals surface area (Å²) in [7, 11) is 1.53. The van der Waals surface area contributed by atoms with E-state index in [9.17, 15) is 32.3 Å². The molecular formula is C22H17F3N4O6. The Kier molecular flexibility index (Phi) is 5.63. The van der Waals surface area contributed by atoms with Gasteiger partial charge in [0, 0.05) is 7.05 Å². The van der Waals surface area contributed by atoms with Crippen molar-refractivity contribution in [3.8, 4) is 11.4 Å². The molecule has 0 aliphatic carbocycles. The molecular weight excluding hydrogens is 473 g/mol. The molecule has 2 N–H and O–H groups in total. The molecule has 0 bridgehead atoms. The third kappa shape index (κ3) is 4.23. The van der Waals surface area contributed by atoms with Gasteiger partial charge in [-0.15, -0.1) is 0 Å². The van der Waals surface area contributed by atoms with Crippen molar-refractivity contribution in [2.24, 2.45) is 7.05 Å². The molecule has 2 aromatic carbocycles. The highest BCUT2D eigenvalue weighted by Crippen LogP contribution is 2.33. The van der Waals surface area contributed by atoms with Gasteiger partial charge in [-0.2, -0.15) is 13.2 Å². The van der Waals surface area contributed by atoms with Gasteiger partial charge in [0.1, 0.15) is 0 Å². The quantitative estimate of drug-likeness (QED) is 0.424. The number of ether oxygens (including phenoxy) is 1. The predicted molar refractivity (Wildman–Crippen MR) is 117 cm³/mol. The summed E-state index contributed by atoms with van der Waals surface area (Å²) in [6.07, 6.45) is -5.60. The van der Waals surface area contributed by atoms with Crippen LogP contribution in [0, 0.1) is 6.92 Å². The van der Waals surface area contributed by atoms with Crippen LogP contribution >= 0.6 is 0 Å². The van der Waals surface area contributed by atoms with Gasteiger partial charge in [0.2, 0.25) is 5.75 Å². The zero-order valence-corrected chi connectivity index (χ0v) is 18.2. The number of fused-ring (bicyclic) bond motifs is 1. The van der Waals surface area contributed by atoms with Gasteiger partial charge >= 0.3 is 23.7 Å². The second kappa shape index (κ2) is 8.34. The molecule has 182 valence electrons. The SMILES string of the molecule is Cc1c(Cn2c(=O)c(OC(=O)O)cn(-c3ccc4c(c3)[nH]c(=O)n4C)c2=O)cccc1C(F)(F)F. The van der Waals surface area contributed by atoms with E-state index in [1.165, 1.54) is 42.8 Å². The van der Waals surface area contributed by atoms with Gasteiger partial charge in [0.15, 0.2) is 0 Å². The first-order chi connectivity index (χ1) is 16.4. The van der Waals surface area contributed by atoms with Crippen LogP contribution in [0.2, 0.25) is 0 Å². The maximum absolute atomic E-state index is 13.3. The summed E-state index contributed by atoms with van der Waals surface area (Å²) in [6, 6.07) is 7.75. The highest BCUT2D eigenvalue weighted by Gasteiger charge is 2.33. The number of H-pyrrole nitrogens is 1. The zero-order valence-electron chi connectivity index (χ0n) is 18.2. The second-order valence-electron chi connectivity index (χ2n) is 7.68. The summed E-state index contributed by atoms with van der Waals surface area (Å²) in [5.41, 5.74) is -2.58. The monoisotopic (exact) mass is 490 g/mol. The standard InChI is InChI=1S/C22H17F3N4O6/c1-11-12(4-3-5-14(11)22(23,24)25)9-29-18(30)17(35-21(33)34)10-28(20(29)32)13-6-7-16-15(8-13)26-19(31)27(16)2/h3-8,10H,9H2,1-2H3,(H,26,31)(H,33,34). The van der Waals surface area contributed by atoms with Gasteiger partial charge < -0.3 is 14.8 Å². The van der Waals surface area contributed by atoms with E-state index in [4.69, 9.17) is 5.11 Å². The minimum atomic E-state index is -4.65. The van der Waals surface area contributed by atoms with Crippen LogP contribution in [0.1, 0.15) is 16.7 Å². The van der Waals surface area contributed by atoms with Crippen molar-refractivity contribution in [3.05, 3.63) is 90.6 Å². The lowest BCUT2D eigenvalue weighted by atomic mass is 10.0. The number of aromatic nitrogens is 4. The van der Waals surface area contributed by atoms with Crippen LogP contribution in [-0.4, -0.2) is 29.9 Å². The van der Waals surface area contributed by atoms with Crippen molar-refractivity contribution in [2.45, 2.75) is 19.6 Å². The lowest BCUT2D eigenvalue weighted by molar-refractivity contribution is -0.138. The summed E-state index contributed by atoms with van der Waals surface area (Å²) < 4.78 is 47.4. The van der Waals surface area contributed by atoms with Gasteiger partial charge in [0.25, 0.3) is 5.56 Å². The molecule has 0 amide bonds. The molecule has 4 aromatic rings. The van der Waals surface area contributed by atoms with Gasteiger partial charge in [-0.25, -0.2) is 14.4 Å². The zero-order chi connectivity index (χ0) is 25.7. The van der Waals surface area contributed by atoms with E-state index in [-0.39, 0.29) is 16.8 Å². The fourth-order valence-corrected chi connectivity index (χ4v) is 3.77. The molecule has 10 nitrogen and oxygen atoms in total. The summed E-state index contributed by atoms with van der Waals surface area (Å²) in [6.45, 7) is 0.633. The highest BCUT2D eigenvalue weighted by atomic mass is 19.4. The van der Waals surface area contributed by atoms with Crippen LogP contribution in [0.25, 0.3) is 16.7 Å². The highest BCUT2D eigenvalue weighted by molar-refractivity contribution is 5.77. The number of hydrogen-bond acceptors (Lipinski definition) is 5. The number of nitrogens with one attached hydrogen (secondary N) is 1. The van der Waals surface area contributed by atoms with Crippen LogP contribution in [0.15, 0.2) is 57.0 Å². The van der Waals surface area contributed by atoms with Gasteiger partial charge in [-0.3, -0.25) is 18.5 Å². The van der Waals surface area contributed by atoms with Crippen LogP contribution in [-0.2, 0) is 19.8 Å². The van der Waals surface area contributed by atoms with Gasteiger partial charge in [0.05, 0.1) is 35.0 Å². The minimum Gasteiger partial charge on any atom is -0.449 e. The Balaban J connectivity index is 1.93.